The summed E-state index contributed by atoms with van der Waals surface area (Å²) in [6, 6.07) is 6.91. The van der Waals surface area contributed by atoms with Gasteiger partial charge in [0.15, 0.2) is 5.11 Å². The largest absolute Gasteiger partial charge is 0.466 e. The van der Waals surface area contributed by atoms with Crippen LogP contribution in [0.25, 0.3) is 0 Å². The maximum Gasteiger partial charge on any atom is 0.306 e. The van der Waals surface area contributed by atoms with E-state index in [4.69, 9.17) is 22.8 Å². The maximum absolute atomic E-state index is 11.9. The molecule has 1 aromatic rings. The van der Waals surface area contributed by atoms with Crippen molar-refractivity contribution in [1.82, 2.24) is 5.43 Å². The Morgan fingerprint density at radius 2 is 1.97 bits per heavy atom. The Labute approximate surface area is 186 Å². The van der Waals surface area contributed by atoms with Crippen LogP contribution in [-0.2, 0) is 9.53 Å². The zero-order valence-electron chi connectivity index (χ0n) is 18.9. The lowest BCUT2D eigenvalue weighted by atomic mass is 9.92. The number of carbonyl (C=O) groups is 1. The first-order chi connectivity index (χ1) is 14.3. The van der Waals surface area contributed by atoms with Gasteiger partial charge >= 0.3 is 5.97 Å². The molecule has 0 aromatic heterocycles. The van der Waals surface area contributed by atoms with Gasteiger partial charge in [-0.3, -0.25) is 4.79 Å². The summed E-state index contributed by atoms with van der Waals surface area (Å²) in [7, 11) is 0. The van der Waals surface area contributed by atoms with Gasteiger partial charge in [0.25, 0.3) is 0 Å². The van der Waals surface area contributed by atoms with Gasteiger partial charge in [0.2, 0.25) is 0 Å². The Bertz CT molecular complexity index is 704. The van der Waals surface area contributed by atoms with Crippen molar-refractivity contribution >= 4 is 34.7 Å². The molecule has 1 aliphatic carbocycles. The van der Waals surface area contributed by atoms with Crippen molar-refractivity contribution in [3.63, 3.8) is 0 Å². The van der Waals surface area contributed by atoms with Crippen LogP contribution in [0.15, 0.2) is 18.2 Å². The molecule has 0 aliphatic heterocycles. The number of esters is 1. The van der Waals surface area contributed by atoms with E-state index in [0.29, 0.717) is 30.1 Å². The van der Waals surface area contributed by atoms with Gasteiger partial charge in [-0.15, -0.1) is 0 Å². The van der Waals surface area contributed by atoms with Gasteiger partial charge in [0.1, 0.15) is 0 Å². The molecule has 6 nitrogen and oxygen atoms in total. The molecule has 0 bridgehead atoms. The molecule has 1 fully saturated rings. The summed E-state index contributed by atoms with van der Waals surface area (Å²) in [4.78, 5) is 14.5. The zero-order chi connectivity index (χ0) is 22.1. The average Bonchev–Trinajstić information content (AvgIpc) is 2.72. The van der Waals surface area contributed by atoms with Crippen molar-refractivity contribution in [3.8, 4) is 0 Å². The maximum atomic E-state index is 11.9. The van der Waals surface area contributed by atoms with E-state index in [1.165, 1.54) is 32.1 Å². The minimum absolute atomic E-state index is 0.0475. The predicted molar refractivity (Wildman–Crippen MR) is 129 cm³/mol. The molecular weight excluding hydrogens is 396 g/mol. The molecule has 0 saturated heterocycles. The lowest BCUT2D eigenvalue weighted by Gasteiger charge is -2.38. The molecule has 168 valence electrons. The molecule has 0 spiro atoms. The second-order valence-electron chi connectivity index (χ2n) is 8.62. The molecule has 1 atom stereocenters. The molecule has 30 heavy (non-hydrogen) atoms. The van der Waals surface area contributed by atoms with Crippen LogP contribution in [0.4, 0.5) is 11.4 Å². The highest BCUT2D eigenvalue weighted by molar-refractivity contribution is 7.80. The number of anilines is 2. The number of thiocarbonyl (C=S) groups is 1. The summed E-state index contributed by atoms with van der Waals surface area (Å²) < 4.78 is 5.12. The number of nitrogens with two attached hydrogens (primary N) is 1. The van der Waals surface area contributed by atoms with Gasteiger partial charge in [-0.1, -0.05) is 46.1 Å². The van der Waals surface area contributed by atoms with E-state index in [9.17, 15) is 4.79 Å². The number of nitrogens with zero attached hydrogens (tertiary/aromatic N) is 1. The Morgan fingerprint density at radius 3 is 2.57 bits per heavy atom. The number of hydrogen-bond donors (Lipinski definition) is 3. The predicted octanol–water partition coefficient (Wildman–Crippen LogP) is 4.70. The highest BCUT2D eigenvalue weighted by Gasteiger charge is 2.25. The fourth-order valence-corrected chi connectivity index (χ4v) is 4.30. The average molecular weight is 435 g/mol. The van der Waals surface area contributed by atoms with E-state index in [2.05, 4.69) is 47.7 Å². The van der Waals surface area contributed by atoms with E-state index in [0.717, 1.165) is 23.5 Å². The summed E-state index contributed by atoms with van der Waals surface area (Å²) in [5.41, 5.74) is 5.66. The first kappa shape index (κ1) is 24.4. The van der Waals surface area contributed by atoms with Crippen LogP contribution in [0.3, 0.4) is 0 Å². The lowest BCUT2D eigenvalue weighted by Crippen LogP contribution is -2.40. The Kier molecular flexibility index (Phi) is 9.85. The Hall–Kier alpha value is -1.86. The second kappa shape index (κ2) is 12.1. The monoisotopic (exact) mass is 434 g/mol. The first-order valence-electron chi connectivity index (χ1n) is 11.2. The number of nitrogens with one attached hydrogen (secondary N) is 2. The molecule has 1 unspecified atom stereocenters. The molecule has 1 aliphatic rings. The number of rotatable bonds is 9. The highest BCUT2D eigenvalue weighted by Crippen LogP contribution is 2.36. The molecule has 2 rings (SSSR count). The Balaban J connectivity index is 2.37. The quantitative estimate of drug-likeness (QED) is 0.225. The van der Waals surface area contributed by atoms with Gasteiger partial charge in [0, 0.05) is 12.6 Å². The van der Waals surface area contributed by atoms with Gasteiger partial charge in [-0.05, 0) is 61.5 Å². The smallest absolute Gasteiger partial charge is 0.306 e. The van der Waals surface area contributed by atoms with Crippen LogP contribution in [0.2, 0.25) is 0 Å². The van der Waals surface area contributed by atoms with Crippen LogP contribution >= 0.6 is 12.2 Å². The molecule has 0 amide bonds. The van der Waals surface area contributed by atoms with Crippen LogP contribution in [0.1, 0.15) is 77.7 Å². The van der Waals surface area contributed by atoms with Crippen LogP contribution < -0.4 is 21.5 Å². The van der Waals surface area contributed by atoms with Gasteiger partial charge in [-0.25, -0.2) is 5.84 Å². The summed E-state index contributed by atoms with van der Waals surface area (Å²) in [5.74, 6) is 5.95. The standard InChI is InChI=1S/C23H38N4O2S/c1-5-29-22(28)13-17(4)18-11-12-21(20(14-18)25-23(30)26-24)27(15-16(2)3)19-9-7-6-8-10-19/h11-12,14,16-17,19H,5-10,13,15,24H2,1-4H3,(H2,25,26,30). The van der Waals surface area contributed by atoms with Crippen molar-refractivity contribution in [2.24, 2.45) is 11.8 Å². The number of hydrogen-bond acceptors (Lipinski definition) is 5. The number of ether oxygens (including phenoxy) is 1. The van der Waals surface area contributed by atoms with Crippen molar-refractivity contribution < 1.29 is 9.53 Å². The van der Waals surface area contributed by atoms with Gasteiger partial charge in [0.05, 0.1) is 24.4 Å². The first-order valence-corrected chi connectivity index (χ1v) is 11.6. The molecule has 0 radical (unpaired) electrons. The van der Waals surface area contributed by atoms with E-state index in [1.807, 2.05) is 13.8 Å². The summed E-state index contributed by atoms with van der Waals surface area (Å²) in [6.07, 6.45) is 6.66. The third-order valence-electron chi connectivity index (χ3n) is 5.63. The summed E-state index contributed by atoms with van der Waals surface area (Å²) in [6.45, 7) is 9.77. The van der Waals surface area contributed by atoms with Crippen molar-refractivity contribution in [3.05, 3.63) is 23.8 Å². The number of carbonyl (C=O) groups excluding carboxylic acids is 1. The third-order valence-corrected chi connectivity index (χ3v) is 5.85. The van der Waals surface area contributed by atoms with Crippen molar-refractivity contribution in [1.29, 1.82) is 0 Å². The molecule has 7 heteroatoms. The molecule has 1 aromatic carbocycles. The highest BCUT2D eigenvalue weighted by atomic mass is 32.1. The Morgan fingerprint density at radius 1 is 1.27 bits per heavy atom. The van der Waals surface area contributed by atoms with Crippen molar-refractivity contribution in [2.75, 3.05) is 23.4 Å². The second-order valence-corrected chi connectivity index (χ2v) is 9.03. The SMILES string of the molecule is CCOC(=O)CC(C)c1ccc(N(CC(C)C)C2CCCCC2)c(NC(=S)NN)c1. The van der Waals surface area contributed by atoms with Gasteiger partial charge < -0.3 is 20.4 Å². The summed E-state index contributed by atoms with van der Waals surface area (Å²) in [5, 5.41) is 3.64. The number of benzene rings is 1. The minimum atomic E-state index is -0.175. The summed E-state index contributed by atoms with van der Waals surface area (Å²) >= 11 is 5.30. The zero-order valence-corrected chi connectivity index (χ0v) is 19.7. The van der Waals surface area contributed by atoms with Crippen LogP contribution in [0, 0.1) is 5.92 Å². The van der Waals surface area contributed by atoms with E-state index in [1.54, 1.807) is 0 Å². The fourth-order valence-electron chi connectivity index (χ4n) is 4.19. The topological polar surface area (TPSA) is 79.6 Å². The van der Waals surface area contributed by atoms with Crippen LogP contribution in [-0.4, -0.2) is 30.3 Å². The minimum Gasteiger partial charge on any atom is -0.466 e. The fraction of sp³-hybridized carbons (Fsp3) is 0.652. The van der Waals surface area contributed by atoms with Crippen molar-refractivity contribution in [2.45, 2.75) is 78.2 Å². The van der Waals surface area contributed by atoms with E-state index >= 15 is 0 Å². The molecular formula is C23H38N4O2S. The lowest BCUT2D eigenvalue weighted by molar-refractivity contribution is -0.143. The molecule has 0 heterocycles. The number of hydrazine groups is 1. The molecule has 4 N–H and O–H groups in total. The van der Waals surface area contributed by atoms with Gasteiger partial charge in [-0.2, -0.15) is 0 Å². The van der Waals surface area contributed by atoms with E-state index < -0.39 is 0 Å². The third kappa shape index (κ3) is 7.13. The normalized spacial score (nSPS) is 15.5. The van der Waals surface area contributed by atoms with Crippen LogP contribution in [0.5, 0.6) is 0 Å². The molecule has 1 saturated carbocycles. The van der Waals surface area contributed by atoms with E-state index in [-0.39, 0.29) is 11.9 Å².